The molecule has 6 aromatic heterocycles. The maximum atomic E-state index is 12.4. The highest BCUT2D eigenvalue weighted by Gasteiger charge is 2.20. The van der Waals surface area contributed by atoms with E-state index in [-0.39, 0.29) is 28.8 Å². The van der Waals surface area contributed by atoms with E-state index in [9.17, 15) is 14.7 Å². The van der Waals surface area contributed by atoms with E-state index >= 15 is 0 Å². The van der Waals surface area contributed by atoms with Gasteiger partial charge in [0.1, 0.15) is 22.9 Å². The molecule has 2 aromatic carbocycles. The fraction of sp³-hybridized carbons (Fsp3) is 0.0769. The van der Waals surface area contributed by atoms with Crippen LogP contribution in [0.1, 0.15) is 20.7 Å². The zero-order valence-corrected chi connectivity index (χ0v) is 30.4. The van der Waals surface area contributed by atoms with Crippen LogP contribution in [0.3, 0.4) is 0 Å². The van der Waals surface area contributed by atoms with Crippen molar-refractivity contribution < 1.29 is 37.1 Å². The molecular formula is C39H28N6O8S2. The van der Waals surface area contributed by atoms with Gasteiger partial charge in [0.2, 0.25) is 10.3 Å². The number of aromatic nitrogens is 6. The molecule has 0 bridgehead atoms. The van der Waals surface area contributed by atoms with Crippen molar-refractivity contribution in [2.24, 2.45) is 0 Å². The number of thioether (sulfide) groups is 2. The summed E-state index contributed by atoms with van der Waals surface area (Å²) in [5.74, 6) is 3.15. The fourth-order valence-corrected chi connectivity index (χ4v) is 6.29. The molecule has 0 radical (unpaired) electrons. The van der Waals surface area contributed by atoms with Gasteiger partial charge in [0.15, 0.2) is 46.0 Å². The number of carbonyl (C=O) groups is 2. The van der Waals surface area contributed by atoms with E-state index in [1.807, 2.05) is 0 Å². The molecule has 0 atom stereocenters. The van der Waals surface area contributed by atoms with Gasteiger partial charge in [0, 0.05) is 11.1 Å². The first-order valence-electron chi connectivity index (χ1n) is 16.3. The Kier molecular flexibility index (Phi) is 11.5. The number of hydrogen-bond donors (Lipinski definition) is 1. The summed E-state index contributed by atoms with van der Waals surface area (Å²) in [6.07, 6.45) is 6.20. The number of Topliss-reactive ketones (excluding diaryl/α,β-unsaturated/α-hetero) is 2. The van der Waals surface area contributed by atoms with E-state index in [0.717, 1.165) is 0 Å². The van der Waals surface area contributed by atoms with Crippen LogP contribution in [0.15, 0.2) is 150 Å². The smallest absolute Gasteiger partial charge is 0.210 e. The third-order valence-corrected chi connectivity index (χ3v) is 9.29. The molecule has 0 amide bonds. The summed E-state index contributed by atoms with van der Waals surface area (Å²) in [5, 5.41) is 26.7. The zero-order valence-electron chi connectivity index (χ0n) is 28.8. The number of ether oxygens (including phenoxy) is 1. The van der Waals surface area contributed by atoms with E-state index in [2.05, 4.69) is 30.4 Å². The molecule has 0 aliphatic carbocycles. The maximum absolute atomic E-state index is 12.4. The number of nitrogens with zero attached hydrogens (tertiary/aromatic N) is 6. The van der Waals surface area contributed by atoms with Gasteiger partial charge in [-0.05, 0) is 97.1 Å². The van der Waals surface area contributed by atoms with Gasteiger partial charge < -0.3 is 27.5 Å². The van der Waals surface area contributed by atoms with Crippen LogP contribution in [0.25, 0.3) is 45.8 Å². The highest BCUT2D eigenvalue weighted by atomic mass is 32.2. The number of rotatable bonds is 13. The second kappa shape index (κ2) is 17.4. The molecule has 0 fully saturated rings. The minimum Gasteiger partial charge on any atom is -0.508 e. The van der Waals surface area contributed by atoms with Crippen LogP contribution in [0.5, 0.6) is 11.5 Å². The van der Waals surface area contributed by atoms with Crippen LogP contribution in [0.2, 0.25) is 0 Å². The highest BCUT2D eigenvalue weighted by molar-refractivity contribution is 8.00. The predicted octanol–water partition coefficient (Wildman–Crippen LogP) is 8.45. The van der Waals surface area contributed by atoms with Gasteiger partial charge in [-0.1, -0.05) is 23.5 Å². The molecule has 14 nitrogen and oxygen atoms in total. The molecule has 0 aliphatic heterocycles. The lowest BCUT2D eigenvalue weighted by atomic mass is 10.1. The van der Waals surface area contributed by atoms with Crippen LogP contribution in [0.4, 0.5) is 0 Å². The van der Waals surface area contributed by atoms with Gasteiger partial charge in [-0.15, -0.1) is 20.4 Å². The molecule has 1 N–H and O–H groups in total. The largest absolute Gasteiger partial charge is 0.508 e. The van der Waals surface area contributed by atoms with Gasteiger partial charge in [-0.2, -0.15) is 0 Å². The highest BCUT2D eigenvalue weighted by Crippen LogP contribution is 2.32. The SMILES string of the molecule is COc1ccc(C(=O)CSc2nnc(-c3ccco3)c(-c3ccco3)n2)cc1.O=C(CSc1nnc(-c2ccco2)c(-c2ccco2)n1)c1ccc(O)cc1. The lowest BCUT2D eigenvalue weighted by Gasteiger charge is -2.06. The van der Waals surface area contributed by atoms with Crippen molar-refractivity contribution >= 4 is 35.1 Å². The van der Waals surface area contributed by atoms with Crippen LogP contribution < -0.4 is 4.74 Å². The average molecular weight is 773 g/mol. The summed E-state index contributed by atoms with van der Waals surface area (Å²) < 4.78 is 26.8. The van der Waals surface area contributed by atoms with Gasteiger partial charge in [-0.3, -0.25) is 9.59 Å². The van der Waals surface area contributed by atoms with Gasteiger partial charge >= 0.3 is 0 Å². The fourth-order valence-electron chi connectivity index (χ4n) is 4.92. The first-order valence-corrected chi connectivity index (χ1v) is 18.3. The Bertz CT molecular complexity index is 2460. The Hall–Kier alpha value is -6.78. The van der Waals surface area contributed by atoms with Crippen LogP contribution >= 0.6 is 23.5 Å². The van der Waals surface area contributed by atoms with Crippen molar-refractivity contribution in [1.29, 1.82) is 0 Å². The lowest BCUT2D eigenvalue weighted by molar-refractivity contribution is 0.101. The molecule has 55 heavy (non-hydrogen) atoms. The first kappa shape index (κ1) is 36.6. The number of methoxy groups -OCH3 is 1. The number of carbonyl (C=O) groups excluding carboxylic acids is 2. The Morgan fingerprint density at radius 3 is 1.29 bits per heavy atom. The third-order valence-electron chi connectivity index (χ3n) is 7.62. The van der Waals surface area contributed by atoms with Crippen molar-refractivity contribution in [3.05, 3.63) is 133 Å². The third kappa shape index (κ3) is 9.06. The molecule has 6 heterocycles. The lowest BCUT2D eigenvalue weighted by Crippen LogP contribution is -2.04. The second-order valence-electron chi connectivity index (χ2n) is 11.2. The number of furan rings is 4. The molecule has 0 spiro atoms. The Morgan fingerprint density at radius 2 is 0.927 bits per heavy atom. The Morgan fingerprint density at radius 1 is 0.545 bits per heavy atom. The Balaban J connectivity index is 0.000000169. The summed E-state index contributed by atoms with van der Waals surface area (Å²) in [7, 11) is 1.58. The minimum absolute atomic E-state index is 0.0362. The maximum Gasteiger partial charge on any atom is 0.210 e. The number of phenols is 1. The van der Waals surface area contributed by atoms with Gasteiger partial charge in [-0.25, -0.2) is 9.97 Å². The number of benzene rings is 2. The summed E-state index contributed by atoms with van der Waals surface area (Å²) in [6.45, 7) is 0. The summed E-state index contributed by atoms with van der Waals surface area (Å²) in [4.78, 5) is 33.7. The van der Waals surface area contributed by atoms with Gasteiger partial charge in [0.05, 0.1) is 43.7 Å². The molecule has 16 heteroatoms. The summed E-state index contributed by atoms with van der Waals surface area (Å²) in [5.41, 5.74) is 3.04. The van der Waals surface area contributed by atoms with Gasteiger partial charge in [0.25, 0.3) is 0 Å². The number of aromatic hydroxyl groups is 1. The molecule has 0 aliphatic rings. The normalized spacial score (nSPS) is 10.8. The molecule has 274 valence electrons. The monoisotopic (exact) mass is 772 g/mol. The van der Waals surface area contributed by atoms with Crippen molar-refractivity contribution in [1.82, 2.24) is 30.4 Å². The Labute approximate surface area is 321 Å². The van der Waals surface area contributed by atoms with Crippen molar-refractivity contribution in [3.63, 3.8) is 0 Å². The molecular weight excluding hydrogens is 745 g/mol. The number of phenolic OH excluding ortho intramolecular Hbond substituents is 1. The first-order chi connectivity index (χ1) is 26.9. The van der Waals surface area contributed by atoms with Crippen LogP contribution in [0, 0.1) is 0 Å². The molecule has 0 unspecified atom stereocenters. The van der Waals surface area contributed by atoms with E-state index < -0.39 is 0 Å². The minimum atomic E-state index is -0.0988. The van der Waals surface area contributed by atoms with E-state index in [1.165, 1.54) is 35.7 Å². The molecule has 8 aromatic rings. The van der Waals surface area contributed by atoms with Crippen molar-refractivity contribution in [2.45, 2.75) is 10.3 Å². The van der Waals surface area contributed by atoms with Crippen molar-refractivity contribution in [2.75, 3.05) is 18.6 Å². The van der Waals surface area contributed by atoms with Crippen LogP contribution in [-0.2, 0) is 0 Å². The summed E-state index contributed by atoms with van der Waals surface area (Å²) in [6, 6.07) is 27.2. The quantitative estimate of drug-likeness (QED) is 0.0865. The predicted molar refractivity (Wildman–Crippen MR) is 202 cm³/mol. The standard InChI is InChI=1S/C20H15N3O4S.C19H13N3O4S/c1-25-14-8-6-13(7-9-14)15(24)12-28-20-21-18(16-4-2-10-26-16)19(22-23-20)17-5-3-11-27-17;23-13-7-5-12(6-8-13)14(24)11-27-19-20-17(15-3-1-9-25-15)18(21-22-19)16-4-2-10-26-16/h2-11H,12H2,1H3;1-10,23H,11H2. The topological polar surface area (TPSA) is 193 Å². The number of hydrogen-bond acceptors (Lipinski definition) is 16. The molecule has 0 saturated carbocycles. The van der Waals surface area contributed by atoms with Crippen molar-refractivity contribution in [3.8, 4) is 57.3 Å². The average Bonchev–Trinajstić information content (AvgIpc) is 4.08. The van der Waals surface area contributed by atoms with E-state index in [0.29, 0.717) is 73.0 Å². The van der Waals surface area contributed by atoms with Crippen LogP contribution in [-0.4, -0.2) is 65.7 Å². The zero-order chi connectivity index (χ0) is 38.0. The van der Waals surface area contributed by atoms with E-state index in [4.69, 9.17) is 22.4 Å². The van der Waals surface area contributed by atoms with E-state index in [1.54, 1.807) is 117 Å². The second-order valence-corrected chi connectivity index (χ2v) is 13.1. The molecule has 0 saturated heterocycles. The molecule has 8 rings (SSSR count). The number of ketones is 2. The summed E-state index contributed by atoms with van der Waals surface area (Å²) >= 11 is 2.39.